The van der Waals surface area contributed by atoms with Gasteiger partial charge in [-0.15, -0.1) is 0 Å². The second-order valence-electron chi connectivity index (χ2n) is 5.19. The molecule has 21 heavy (non-hydrogen) atoms. The summed E-state index contributed by atoms with van der Waals surface area (Å²) >= 11 is 0. The second-order valence-corrected chi connectivity index (χ2v) is 5.19. The largest absolute Gasteiger partial charge is 0.338 e. The molecule has 6 heteroatoms. The van der Waals surface area contributed by atoms with Crippen molar-refractivity contribution >= 4 is 6.03 Å². The molecular formula is C15H23FN4O. The molecule has 1 aromatic carbocycles. The van der Waals surface area contributed by atoms with E-state index in [1.165, 1.54) is 6.07 Å². The van der Waals surface area contributed by atoms with E-state index in [0.717, 1.165) is 19.6 Å². The Bertz CT molecular complexity index is 461. The number of hydrogen-bond donors (Lipinski definition) is 2. The van der Waals surface area contributed by atoms with Crippen molar-refractivity contribution in [3.63, 3.8) is 0 Å². The Balaban J connectivity index is 1.70. The lowest BCUT2D eigenvalue weighted by molar-refractivity contribution is 0.141. The highest BCUT2D eigenvalue weighted by molar-refractivity contribution is 5.74. The Labute approximate surface area is 124 Å². The molecule has 0 aliphatic carbocycles. The lowest BCUT2D eigenvalue weighted by Gasteiger charge is -2.34. The number of piperazine rings is 1. The number of urea groups is 1. The van der Waals surface area contributed by atoms with E-state index in [2.05, 4.69) is 10.2 Å². The Morgan fingerprint density at radius 1 is 1.24 bits per heavy atom. The number of halogens is 1. The third kappa shape index (κ3) is 4.68. The maximum Gasteiger partial charge on any atom is 0.317 e. The van der Waals surface area contributed by atoms with Crippen LogP contribution in [-0.2, 0) is 6.42 Å². The first kappa shape index (κ1) is 15.7. The molecule has 1 aliphatic rings. The zero-order valence-electron chi connectivity index (χ0n) is 12.2. The topological polar surface area (TPSA) is 61.6 Å². The summed E-state index contributed by atoms with van der Waals surface area (Å²) in [7, 11) is 0. The fourth-order valence-corrected chi connectivity index (χ4v) is 2.47. The molecule has 0 atom stereocenters. The quantitative estimate of drug-likeness (QED) is 0.838. The molecule has 2 amide bonds. The predicted octanol–water partition coefficient (Wildman–Crippen LogP) is 0.654. The van der Waals surface area contributed by atoms with Crippen molar-refractivity contribution in [2.45, 2.75) is 6.42 Å². The van der Waals surface area contributed by atoms with Crippen molar-refractivity contribution in [2.75, 3.05) is 45.8 Å². The zero-order chi connectivity index (χ0) is 15.1. The normalized spacial score (nSPS) is 16.0. The molecule has 0 bridgehead atoms. The van der Waals surface area contributed by atoms with E-state index in [1.54, 1.807) is 23.1 Å². The van der Waals surface area contributed by atoms with Gasteiger partial charge in [-0.25, -0.2) is 9.18 Å². The maximum absolute atomic E-state index is 13.4. The molecule has 0 saturated carbocycles. The molecule has 1 heterocycles. The van der Waals surface area contributed by atoms with Gasteiger partial charge in [-0.3, -0.25) is 4.90 Å². The van der Waals surface area contributed by atoms with Crippen LogP contribution in [0, 0.1) is 5.82 Å². The van der Waals surface area contributed by atoms with Crippen LogP contribution in [0.2, 0.25) is 0 Å². The molecule has 0 unspecified atom stereocenters. The highest BCUT2D eigenvalue weighted by Gasteiger charge is 2.20. The number of carbonyl (C=O) groups excluding carboxylic acids is 1. The number of nitrogens with two attached hydrogens (primary N) is 1. The van der Waals surface area contributed by atoms with Crippen LogP contribution in [0.5, 0.6) is 0 Å². The van der Waals surface area contributed by atoms with E-state index in [0.29, 0.717) is 38.2 Å². The third-order valence-electron chi connectivity index (χ3n) is 3.73. The van der Waals surface area contributed by atoms with E-state index in [1.807, 2.05) is 0 Å². The van der Waals surface area contributed by atoms with Gasteiger partial charge in [-0.05, 0) is 18.1 Å². The lowest BCUT2D eigenvalue weighted by Crippen LogP contribution is -2.52. The zero-order valence-corrected chi connectivity index (χ0v) is 12.2. The number of benzene rings is 1. The molecule has 0 aromatic heterocycles. The molecule has 1 aliphatic heterocycles. The fourth-order valence-electron chi connectivity index (χ4n) is 2.47. The molecular weight excluding hydrogens is 271 g/mol. The van der Waals surface area contributed by atoms with Gasteiger partial charge in [0.25, 0.3) is 0 Å². The highest BCUT2D eigenvalue weighted by Crippen LogP contribution is 2.06. The van der Waals surface area contributed by atoms with Crippen molar-refractivity contribution in [2.24, 2.45) is 5.73 Å². The number of nitrogens with one attached hydrogen (secondary N) is 1. The van der Waals surface area contributed by atoms with Gasteiger partial charge in [-0.1, -0.05) is 18.2 Å². The van der Waals surface area contributed by atoms with E-state index < -0.39 is 0 Å². The van der Waals surface area contributed by atoms with Crippen molar-refractivity contribution < 1.29 is 9.18 Å². The van der Waals surface area contributed by atoms with Gasteiger partial charge in [-0.2, -0.15) is 0 Å². The average molecular weight is 294 g/mol. The van der Waals surface area contributed by atoms with Crippen molar-refractivity contribution in [3.05, 3.63) is 35.6 Å². The first-order valence-corrected chi connectivity index (χ1v) is 7.39. The smallest absolute Gasteiger partial charge is 0.317 e. The minimum Gasteiger partial charge on any atom is -0.338 e. The first-order chi connectivity index (χ1) is 10.2. The van der Waals surface area contributed by atoms with E-state index in [-0.39, 0.29) is 11.8 Å². The van der Waals surface area contributed by atoms with Crippen molar-refractivity contribution in [1.29, 1.82) is 0 Å². The van der Waals surface area contributed by atoms with Crippen LogP contribution in [0.1, 0.15) is 5.56 Å². The fraction of sp³-hybridized carbons (Fsp3) is 0.533. The third-order valence-corrected chi connectivity index (χ3v) is 3.73. The SMILES string of the molecule is NCCN1CCN(C(=O)NCCc2ccccc2F)CC1. The molecule has 0 spiro atoms. The van der Waals surface area contributed by atoms with Crippen LogP contribution in [-0.4, -0.2) is 61.6 Å². The van der Waals surface area contributed by atoms with Gasteiger partial charge in [0.1, 0.15) is 5.82 Å². The lowest BCUT2D eigenvalue weighted by atomic mass is 10.1. The van der Waals surface area contributed by atoms with Crippen LogP contribution in [0.25, 0.3) is 0 Å². The number of hydrogen-bond acceptors (Lipinski definition) is 3. The van der Waals surface area contributed by atoms with Gasteiger partial charge >= 0.3 is 6.03 Å². The Morgan fingerprint density at radius 3 is 2.62 bits per heavy atom. The van der Waals surface area contributed by atoms with Crippen LogP contribution < -0.4 is 11.1 Å². The minimum absolute atomic E-state index is 0.0706. The van der Waals surface area contributed by atoms with E-state index >= 15 is 0 Å². The van der Waals surface area contributed by atoms with Crippen LogP contribution in [0.15, 0.2) is 24.3 Å². The molecule has 1 fully saturated rings. The van der Waals surface area contributed by atoms with E-state index in [4.69, 9.17) is 5.73 Å². The van der Waals surface area contributed by atoms with Crippen LogP contribution >= 0.6 is 0 Å². The summed E-state index contributed by atoms with van der Waals surface area (Å²) in [4.78, 5) is 16.1. The molecule has 2 rings (SSSR count). The Hall–Kier alpha value is -1.66. The van der Waals surface area contributed by atoms with Gasteiger partial charge < -0.3 is 16.0 Å². The van der Waals surface area contributed by atoms with Gasteiger partial charge in [0.2, 0.25) is 0 Å². The number of nitrogens with zero attached hydrogens (tertiary/aromatic N) is 2. The molecule has 1 aromatic rings. The summed E-state index contributed by atoms with van der Waals surface area (Å²) in [6.45, 7) is 5.12. The summed E-state index contributed by atoms with van der Waals surface area (Å²) in [5.74, 6) is -0.220. The molecule has 0 radical (unpaired) electrons. The summed E-state index contributed by atoms with van der Waals surface area (Å²) < 4.78 is 13.4. The number of rotatable bonds is 5. The summed E-state index contributed by atoms with van der Waals surface area (Å²) in [6, 6.07) is 6.58. The summed E-state index contributed by atoms with van der Waals surface area (Å²) in [6.07, 6.45) is 0.506. The minimum atomic E-state index is -0.220. The average Bonchev–Trinajstić information content (AvgIpc) is 2.50. The van der Waals surface area contributed by atoms with Crippen molar-refractivity contribution in [1.82, 2.24) is 15.1 Å². The first-order valence-electron chi connectivity index (χ1n) is 7.39. The molecule has 3 N–H and O–H groups in total. The Morgan fingerprint density at radius 2 is 1.95 bits per heavy atom. The van der Waals surface area contributed by atoms with Gasteiger partial charge in [0.15, 0.2) is 0 Å². The molecule has 1 saturated heterocycles. The summed E-state index contributed by atoms with van der Waals surface area (Å²) in [5, 5.41) is 2.85. The number of carbonyl (C=O) groups is 1. The second kappa shape index (κ2) is 7.95. The Kier molecular flexibility index (Phi) is 5.95. The van der Waals surface area contributed by atoms with Gasteiger partial charge in [0, 0.05) is 45.8 Å². The standard InChI is InChI=1S/C15H23FN4O/c16-14-4-2-1-3-13(14)5-7-18-15(21)20-11-9-19(8-6-17)10-12-20/h1-4H,5-12,17H2,(H,18,21). The van der Waals surface area contributed by atoms with Crippen LogP contribution in [0.4, 0.5) is 9.18 Å². The van der Waals surface area contributed by atoms with Gasteiger partial charge in [0.05, 0.1) is 0 Å². The molecule has 5 nitrogen and oxygen atoms in total. The monoisotopic (exact) mass is 294 g/mol. The van der Waals surface area contributed by atoms with Crippen LogP contribution in [0.3, 0.4) is 0 Å². The number of amides is 2. The van der Waals surface area contributed by atoms with E-state index in [9.17, 15) is 9.18 Å². The highest BCUT2D eigenvalue weighted by atomic mass is 19.1. The predicted molar refractivity (Wildman–Crippen MR) is 80.6 cm³/mol. The summed E-state index contributed by atoms with van der Waals surface area (Å²) in [5.41, 5.74) is 6.15. The van der Waals surface area contributed by atoms with Crippen molar-refractivity contribution in [3.8, 4) is 0 Å². The maximum atomic E-state index is 13.4. The molecule has 116 valence electrons.